The molecule has 4 aromatic carbocycles. The predicted octanol–water partition coefficient (Wildman–Crippen LogP) is 11.7. The number of amides is 6. The fourth-order valence-electron chi connectivity index (χ4n) is 10.6. The average molecular weight is 1340 g/mol. The van der Waals surface area contributed by atoms with E-state index in [9.17, 15) is 28.8 Å². The molecular formula is C76H85N12O11+. The van der Waals surface area contributed by atoms with Crippen LogP contribution in [0.5, 0.6) is 23.0 Å². The molecule has 514 valence electrons. The van der Waals surface area contributed by atoms with Crippen LogP contribution in [-0.4, -0.2) is 101 Å². The summed E-state index contributed by atoms with van der Waals surface area (Å²) in [5, 5.41) is 14.3. The van der Waals surface area contributed by atoms with Crippen LogP contribution in [0.2, 0.25) is 0 Å². The van der Waals surface area contributed by atoms with Crippen molar-refractivity contribution in [1.82, 2.24) is 34.8 Å². The minimum atomic E-state index is -0.607. The van der Waals surface area contributed by atoms with Gasteiger partial charge in [-0.1, -0.05) is 55.0 Å². The van der Waals surface area contributed by atoms with Crippen molar-refractivity contribution >= 4 is 63.9 Å². The lowest BCUT2D eigenvalue weighted by atomic mass is 9.86. The van der Waals surface area contributed by atoms with Gasteiger partial charge >= 0.3 is 11.8 Å². The van der Waals surface area contributed by atoms with Crippen molar-refractivity contribution in [2.75, 3.05) is 34.9 Å². The topological polar surface area (TPSA) is 281 Å². The van der Waals surface area contributed by atoms with E-state index in [2.05, 4.69) is 51.5 Å². The Kier molecular flexibility index (Phi) is 28.4. The summed E-state index contributed by atoms with van der Waals surface area (Å²) in [5.41, 5.74) is 7.31. The third-order valence-electron chi connectivity index (χ3n) is 15.3. The lowest BCUT2D eigenvalue weighted by Gasteiger charge is -2.27. The summed E-state index contributed by atoms with van der Waals surface area (Å²) >= 11 is 0. The van der Waals surface area contributed by atoms with E-state index in [0.29, 0.717) is 79.4 Å². The molecule has 0 saturated heterocycles. The number of benzene rings is 4. The van der Waals surface area contributed by atoms with Crippen LogP contribution in [0.1, 0.15) is 101 Å². The summed E-state index contributed by atoms with van der Waals surface area (Å²) in [5.74, 6) is 2.00. The second kappa shape index (κ2) is 38.3. The number of ether oxygens (including phenoxy) is 5. The molecule has 1 saturated carbocycles. The number of anilines is 4. The largest absolute Gasteiger partial charge is 0.489 e. The number of aromatic nitrogens is 6. The van der Waals surface area contributed by atoms with Crippen LogP contribution in [-0.2, 0) is 73.4 Å². The van der Waals surface area contributed by atoms with E-state index in [1.54, 1.807) is 107 Å². The first-order chi connectivity index (χ1) is 47.9. The number of carbonyl (C=O) groups excluding carboxylic acids is 6. The molecule has 1 aliphatic heterocycles. The van der Waals surface area contributed by atoms with Crippen LogP contribution in [0, 0.1) is 5.92 Å². The number of methoxy groups -OCH3 is 1. The van der Waals surface area contributed by atoms with Gasteiger partial charge in [0.2, 0.25) is 29.3 Å². The number of pyridine rings is 4. The minimum absolute atomic E-state index is 0.0127. The van der Waals surface area contributed by atoms with Crippen molar-refractivity contribution in [3.8, 4) is 23.0 Å². The zero-order valence-electron chi connectivity index (χ0n) is 56.6. The molecule has 0 bridgehead atoms. The molecule has 2 aliphatic rings. The third-order valence-corrected chi connectivity index (χ3v) is 15.3. The normalized spacial score (nSPS) is 13.8. The van der Waals surface area contributed by atoms with Crippen LogP contribution >= 0.6 is 0 Å². The molecule has 0 radical (unpaired) electrons. The Labute approximate surface area is 576 Å². The molecule has 2 atom stereocenters. The predicted molar refractivity (Wildman–Crippen MR) is 377 cm³/mol. The molecule has 6 amide bonds. The first-order valence-electron chi connectivity index (χ1n) is 32.5. The second-order valence-corrected chi connectivity index (χ2v) is 24.1. The Morgan fingerprint density at radius 2 is 1.00 bits per heavy atom. The second-order valence-electron chi connectivity index (χ2n) is 24.1. The summed E-state index contributed by atoms with van der Waals surface area (Å²) in [7, 11) is 3.59. The lowest BCUT2D eigenvalue weighted by molar-refractivity contribution is -0.438. The van der Waals surface area contributed by atoms with Crippen LogP contribution in [0.15, 0.2) is 208 Å². The monoisotopic (exact) mass is 1340 g/mol. The molecule has 23 nitrogen and oxygen atoms in total. The fraction of sp³-hybridized carbons (Fsp3) is 0.289. The maximum atomic E-state index is 12.5. The van der Waals surface area contributed by atoms with Crippen LogP contribution in [0.25, 0.3) is 0 Å². The molecule has 23 heteroatoms. The quantitative estimate of drug-likeness (QED) is 0.0352. The number of hydrogen-bond acceptors (Lipinski definition) is 16. The van der Waals surface area contributed by atoms with Crippen molar-refractivity contribution in [1.29, 1.82) is 0 Å². The molecule has 1 fully saturated rings. The van der Waals surface area contributed by atoms with Crippen molar-refractivity contribution < 1.29 is 57.0 Å². The molecule has 5 aromatic heterocycles. The van der Waals surface area contributed by atoms with Gasteiger partial charge in [0.1, 0.15) is 49.4 Å². The Bertz CT molecular complexity index is 4100. The van der Waals surface area contributed by atoms with Crippen LogP contribution in [0.3, 0.4) is 0 Å². The average Bonchev–Trinajstić information content (AvgIpc) is 1.74. The zero-order chi connectivity index (χ0) is 70.2. The summed E-state index contributed by atoms with van der Waals surface area (Å²) in [6.07, 6.45) is 23.2. The van der Waals surface area contributed by atoms with Crippen molar-refractivity contribution in [2.24, 2.45) is 13.0 Å². The molecule has 1 aliphatic carbocycles. The summed E-state index contributed by atoms with van der Waals surface area (Å²) in [6.45, 7) is 8.81. The Morgan fingerprint density at radius 1 is 0.556 bits per heavy atom. The van der Waals surface area contributed by atoms with Gasteiger partial charge in [0.25, 0.3) is 0 Å². The number of imidazole rings is 1. The summed E-state index contributed by atoms with van der Waals surface area (Å²) < 4.78 is 31.7. The number of nitrogens with zero attached hydrogens (tertiary/aromatic N) is 7. The van der Waals surface area contributed by atoms with Gasteiger partial charge in [-0.05, 0) is 106 Å². The summed E-state index contributed by atoms with van der Waals surface area (Å²) in [6, 6.07) is 44.5. The number of hydrogen-bond donors (Lipinski definition) is 5. The van der Waals surface area contributed by atoms with E-state index in [0.717, 1.165) is 71.5 Å². The number of rotatable bonds is 24. The zero-order valence-corrected chi connectivity index (χ0v) is 56.6. The highest BCUT2D eigenvalue weighted by Crippen LogP contribution is 2.29. The molecular weight excluding hydrogens is 1260 g/mol. The van der Waals surface area contributed by atoms with Gasteiger partial charge in [0.15, 0.2) is 6.54 Å². The van der Waals surface area contributed by atoms with E-state index in [1.165, 1.54) is 18.4 Å². The molecule has 0 spiro atoms. The van der Waals surface area contributed by atoms with Crippen LogP contribution < -0.4 is 45.5 Å². The smallest absolute Gasteiger partial charge is 0.384 e. The number of nitrogens with one attached hydrogen (secondary N) is 5. The molecule has 99 heavy (non-hydrogen) atoms. The Hall–Kier alpha value is -11.5. The van der Waals surface area contributed by atoms with Crippen molar-refractivity contribution in [3.63, 3.8) is 0 Å². The maximum absolute atomic E-state index is 12.5. The number of aryl methyl sites for hydroxylation is 1. The third kappa shape index (κ3) is 26.2. The SMILES string of the molecule is CC(=O)NC(C)(C)CC(=O)Nc1cccc(OCc2cccnc2)c1.CC(=O)[N+]1=C(C(=O)Nc2cccc(OCc3cccnc3)c2)CCC1.COC1CCCC(C(=O)Nc2cccc(OCc3cccnc3)c2)C1.Cn1cnc(CC(=O)Nc2cccc(OCc3cccnc3)c2)c1. The van der Waals surface area contributed by atoms with E-state index in [4.69, 9.17) is 23.7 Å². The van der Waals surface area contributed by atoms with E-state index in [-0.39, 0.29) is 60.3 Å². The Balaban J connectivity index is 0.000000168. The first kappa shape index (κ1) is 73.4. The van der Waals surface area contributed by atoms with Crippen LogP contribution in [0.4, 0.5) is 22.7 Å². The van der Waals surface area contributed by atoms with Gasteiger partial charge in [-0.2, -0.15) is 4.58 Å². The minimum Gasteiger partial charge on any atom is -0.489 e. The van der Waals surface area contributed by atoms with Crippen molar-refractivity contribution in [3.05, 3.63) is 236 Å². The Morgan fingerprint density at radius 3 is 1.40 bits per heavy atom. The summed E-state index contributed by atoms with van der Waals surface area (Å²) in [4.78, 5) is 92.3. The van der Waals surface area contributed by atoms with E-state index in [1.807, 2.05) is 133 Å². The van der Waals surface area contributed by atoms with Gasteiger partial charge in [0, 0.05) is 177 Å². The molecule has 11 rings (SSSR count). The molecule has 2 unspecified atom stereocenters. The highest BCUT2D eigenvalue weighted by Gasteiger charge is 2.32. The molecule has 6 heterocycles. The first-order valence-corrected chi connectivity index (χ1v) is 32.5. The van der Waals surface area contributed by atoms with Gasteiger partial charge in [0.05, 0.1) is 31.5 Å². The van der Waals surface area contributed by atoms with Gasteiger partial charge in [-0.3, -0.25) is 43.9 Å². The van der Waals surface area contributed by atoms with Gasteiger partial charge in [-0.25, -0.2) is 9.78 Å². The fourth-order valence-corrected chi connectivity index (χ4v) is 10.6. The van der Waals surface area contributed by atoms with Gasteiger partial charge < -0.3 is 54.8 Å². The maximum Gasteiger partial charge on any atom is 0.384 e. The van der Waals surface area contributed by atoms with Gasteiger partial charge in [-0.15, -0.1) is 0 Å². The van der Waals surface area contributed by atoms with E-state index < -0.39 is 5.54 Å². The standard InChI is InChI=1S/C20H24N2O3.C19H19N3O3.C19H23N3O3.C18H18N4O2/c1-24-18-8-2-6-16(11-18)20(23)22-17-7-3-9-19(12-17)25-14-15-5-4-10-21-13-15;1-14(23)22-10-4-8-18(22)19(24)21-16-6-2-7-17(11-16)25-13-15-5-3-9-20-12-15;1-14(23)22-19(2,3)11-18(24)21-16-7-4-8-17(10-16)25-13-15-6-5-9-20-12-15;1-22-11-16(20-13-22)9-18(23)21-15-5-2-6-17(8-15)24-12-14-4-3-7-19-10-14/h3-5,7,9-10,12-13,16,18H,2,6,8,11,14H2,1H3,(H,22,23);2-3,5-7,9,11-12H,4,8,10,13H2,1H3;4-10,12H,11,13H2,1-3H3,(H,21,24)(H,22,23);2-8,10-11,13H,9,12H2,1H3,(H,21,23)/p+1. The highest BCUT2D eigenvalue weighted by atomic mass is 16.5. The molecule has 9 aromatic rings. The number of carbonyl (C=O) groups is 6. The van der Waals surface area contributed by atoms with E-state index >= 15 is 0 Å². The lowest BCUT2D eigenvalue weighted by Crippen LogP contribution is -2.44. The van der Waals surface area contributed by atoms with Crippen molar-refractivity contribution in [2.45, 2.75) is 117 Å². The highest BCUT2D eigenvalue weighted by molar-refractivity contribution is 6.41. The molecule has 5 N–H and O–H groups in total.